The molecular formula is C15H14N2O4. The number of para-hydroxylation sites is 2. The van der Waals surface area contributed by atoms with E-state index in [2.05, 4.69) is 4.99 Å². The minimum absolute atomic E-state index is 0.0344. The van der Waals surface area contributed by atoms with Crippen LogP contribution in [-0.2, 0) is 0 Å². The molecule has 0 spiro atoms. The van der Waals surface area contributed by atoms with Crippen molar-refractivity contribution in [3.05, 3.63) is 53.6 Å². The van der Waals surface area contributed by atoms with Crippen LogP contribution in [0.3, 0.4) is 0 Å². The summed E-state index contributed by atoms with van der Waals surface area (Å²) < 4.78 is 5.01. The maximum Gasteiger partial charge on any atom is 0.276 e. The first-order valence-corrected chi connectivity index (χ1v) is 6.11. The molecule has 1 amide bonds. The number of hydroxylamine groups is 1. The van der Waals surface area contributed by atoms with Gasteiger partial charge in [-0.05, 0) is 24.3 Å². The minimum Gasteiger partial charge on any atom is -0.504 e. The Hall–Kier alpha value is -2.86. The molecule has 0 bridgehead atoms. The van der Waals surface area contributed by atoms with Crippen LogP contribution in [0.2, 0.25) is 0 Å². The molecule has 0 saturated carbocycles. The third-order valence-corrected chi connectivity index (χ3v) is 2.84. The van der Waals surface area contributed by atoms with E-state index >= 15 is 0 Å². The van der Waals surface area contributed by atoms with Crippen molar-refractivity contribution >= 4 is 17.8 Å². The number of ether oxygens (including phenoxy) is 1. The maximum atomic E-state index is 11.5. The van der Waals surface area contributed by atoms with Gasteiger partial charge in [-0.25, -0.2) is 5.48 Å². The number of nitrogens with zero attached hydrogens (tertiary/aromatic N) is 1. The predicted octanol–water partition coefficient (Wildman–Crippen LogP) is 2.27. The third kappa shape index (κ3) is 3.18. The molecule has 0 aliphatic rings. The van der Waals surface area contributed by atoms with E-state index in [4.69, 9.17) is 9.94 Å². The topological polar surface area (TPSA) is 91.2 Å². The van der Waals surface area contributed by atoms with Gasteiger partial charge in [0.05, 0.1) is 18.4 Å². The Labute approximate surface area is 121 Å². The first-order valence-electron chi connectivity index (χ1n) is 6.11. The number of hydrogen-bond donors (Lipinski definition) is 3. The van der Waals surface area contributed by atoms with Crippen LogP contribution in [0.25, 0.3) is 0 Å². The Balaban J connectivity index is 2.37. The molecule has 21 heavy (non-hydrogen) atoms. The van der Waals surface area contributed by atoms with Gasteiger partial charge in [0.2, 0.25) is 0 Å². The number of rotatable bonds is 4. The number of aromatic hydroxyl groups is 1. The number of methoxy groups -OCH3 is 1. The summed E-state index contributed by atoms with van der Waals surface area (Å²) in [6.45, 7) is 0. The maximum absolute atomic E-state index is 11.5. The lowest BCUT2D eigenvalue weighted by Crippen LogP contribution is -2.18. The summed E-state index contributed by atoms with van der Waals surface area (Å²) in [5.41, 5.74) is 2.61. The van der Waals surface area contributed by atoms with Gasteiger partial charge in [0, 0.05) is 11.8 Å². The molecule has 0 fully saturated rings. The largest absolute Gasteiger partial charge is 0.504 e. The van der Waals surface area contributed by atoms with Crippen LogP contribution in [0.15, 0.2) is 47.5 Å². The second-order valence-electron chi connectivity index (χ2n) is 4.11. The predicted molar refractivity (Wildman–Crippen MR) is 77.6 cm³/mol. The fourth-order valence-corrected chi connectivity index (χ4v) is 1.79. The molecule has 108 valence electrons. The number of carbonyl (C=O) groups excluding carboxylic acids is 1. The number of nitrogens with one attached hydrogen (secondary N) is 1. The number of amides is 1. The van der Waals surface area contributed by atoms with Gasteiger partial charge in [0.1, 0.15) is 0 Å². The summed E-state index contributed by atoms with van der Waals surface area (Å²) in [7, 11) is 1.46. The molecule has 2 rings (SSSR count). The minimum atomic E-state index is -0.655. The molecule has 0 heterocycles. The van der Waals surface area contributed by atoms with Crippen LogP contribution in [0.4, 0.5) is 5.69 Å². The quantitative estimate of drug-likeness (QED) is 0.457. The second kappa shape index (κ2) is 6.53. The Morgan fingerprint density at radius 1 is 1.24 bits per heavy atom. The number of benzene rings is 2. The molecule has 0 saturated heterocycles. The van der Waals surface area contributed by atoms with Crippen LogP contribution in [0, 0.1) is 0 Å². The van der Waals surface area contributed by atoms with Crippen molar-refractivity contribution in [2.24, 2.45) is 4.99 Å². The van der Waals surface area contributed by atoms with Crippen molar-refractivity contribution in [2.75, 3.05) is 7.11 Å². The smallest absolute Gasteiger partial charge is 0.276 e. The SMILES string of the molecule is COc1cccc(C=Nc2ccccc2C(=O)NO)c1O. The molecule has 0 unspecified atom stereocenters. The van der Waals surface area contributed by atoms with E-state index in [-0.39, 0.29) is 11.3 Å². The highest BCUT2D eigenvalue weighted by Gasteiger charge is 2.09. The number of carbonyl (C=O) groups is 1. The van der Waals surface area contributed by atoms with Gasteiger partial charge in [-0.3, -0.25) is 15.0 Å². The van der Waals surface area contributed by atoms with Crippen LogP contribution in [0.5, 0.6) is 11.5 Å². The van der Waals surface area contributed by atoms with E-state index in [0.717, 1.165) is 0 Å². The highest BCUT2D eigenvalue weighted by atomic mass is 16.5. The molecule has 0 aliphatic heterocycles. The molecule has 0 aromatic heterocycles. The number of hydrogen-bond acceptors (Lipinski definition) is 5. The molecule has 2 aromatic rings. The molecule has 0 atom stereocenters. The summed E-state index contributed by atoms with van der Waals surface area (Å²) >= 11 is 0. The van der Waals surface area contributed by atoms with Gasteiger partial charge in [-0.2, -0.15) is 0 Å². The number of phenolic OH excluding ortho intramolecular Hbond substituents is 1. The van der Waals surface area contributed by atoms with Crippen LogP contribution < -0.4 is 10.2 Å². The zero-order chi connectivity index (χ0) is 15.2. The highest BCUT2D eigenvalue weighted by molar-refractivity contribution is 5.99. The Morgan fingerprint density at radius 2 is 2.00 bits per heavy atom. The van der Waals surface area contributed by atoms with Gasteiger partial charge >= 0.3 is 0 Å². The monoisotopic (exact) mass is 286 g/mol. The van der Waals surface area contributed by atoms with E-state index in [1.54, 1.807) is 41.9 Å². The molecule has 3 N–H and O–H groups in total. The fraction of sp³-hybridized carbons (Fsp3) is 0.0667. The molecule has 6 nitrogen and oxygen atoms in total. The standard InChI is InChI=1S/C15H14N2O4/c1-21-13-8-4-5-10(14(13)18)9-16-12-7-3-2-6-11(12)15(19)17-20/h2-9,18,20H,1H3,(H,17,19). The molecule has 0 aliphatic carbocycles. The van der Waals surface area contributed by atoms with Gasteiger partial charge in [0.25, 0.3) is 5.91 Å². The zero-order valence-electron chi connectivity index (χ0n) is 11.3. The van der Waals surface area contributed by atoms with E-state index < -0.39 is 5.91 Å². The van der Waals surface area contributed by atoms with Crippen molar-refractivity contribution < 1.29 is 19.8 Å². The summed E-state index contributed by atoms with van der Waals surface area (Å²) in [6, 6.07) is 11.5. The Morgan fingerprint density at radius 3 is 2.71 bits per heavy atom. The fourth-order valence-electron chi connectivity index (χ4n) is 1.79. The van der Waals surface area contributed by atoms with E-state index in [9.17, 15) is 9.90 Å². The average molecular weight is 286 g/mol. The van der Waals surface area contributed by atoms with Crippen LogP contribution in [-0.4, -0.2) is 29.5 Å². The Kier molecular flexibility index (Phi) is 4.53. The average Bonchev–Trinajstić information content (AvgIpc) is 2.53. The van der Waals surface area contributed by atoms with Gasteiger partial charge in [0.15, 0.2) is 11.5 Å². The third-order valence-electron chi connectivity index (χ3n) is 2.84. The lowest BCUT2D eigenvalue weighted by Gasteiger charge is -2.06. The van der Waals surface area contributed by atoms with Gasteiger partial charge in [-0.1, -0.05) is 18.2 Å². The number of phenols is 1. The van der Waals surface area contributed by atoms with E-state index in [1.165, 1.54) is 19.4 Å². The summed E-state index contributed by atoms with van der Waals surface area (Å²) in [5, 5.41) is 18.7. The second-order valence-corrected chi connectivity index (χ2v) is 4.11. The lowest BCUT2D eigenvalue weighted by molar-refractivity contribution is 0.0707. The van der Waals surface area contributed by atoms with Crippen LogP contribution in [0.1, 0.15) is 15.9 Å². The van der Waals surface area contributed by atoms with Crippen molar-refractivity contribution in [2.45, 2.75) is 0 Å². The lowest BCUT2D eigenvalue weighted by atomic mass is 10.1. The molecule has 6 heteroatoms. The van der Waals surface area contributed by atoms with Gasteiger partial charge in [-0.15, -0.1) is 0 Å². The normalized spacial score (nSPS) is 10.6. The van der Waals surface area contributed by atoms with Gasteiger partial charge < -0.3 is 9.84 Å². The van der Waals surface area contributed by atoms with Crippen molar-refractivity contribution in [1.29, 1.82) is 0 Å². The summed E-state index contributed by atoms with van der Waals surface area (Å²) in [6.07, 6.45) is 1.42. The summed E-state index contributed by atoms with van der Waals surface area (Å²) in [5.74, 6) is -0.356. The Bertz CT molecular complexity index is 683. The molecule has 2 aromatic carbocycles. The summed E-state index contributed by atoms with van der Waals surface area (Å²) in [4.78, 5) is 15.7. The van der Waals surface area contributed by atoms with Crippen molar-refractivity contribution in [3.63, 3.8) is 0 Å². The molecule has 0 radical (unpaired) electrons. The van der Waals surface area contributed by atoms with Crippen molar-refractivity contribution in [1.82, 2.24) is 5.48 Å². The van der Waals surface area contributed by atoms with Crippen LogP contribution >= 0.6 is 0 Å². The first kappa shape index (κ1) is 14.5. The van der Waals surface area contributed by atoms with E-state index in [0.29, 0.717) is 17.0 Å². The number of aliphatic imine (C=N–C) groups is 1. The van der Waals surface area contributed by atoms with E-state index in [1.807, 2.05) is 0 Å². The molecular weight excluding hydrogens is 272 g/mol. The highest BCUT2D eigenvalue weighted by Crippen LogP contribution is 2.28. The van der Waals surface area contributed by atoms with Crippen molar-refractivity contribution in [3.8, 4) is 11.5 Å². The first-order chi connectivity index (χ1) is 10.2. The zero-order valence-corrected chi connectivity index (χ0v) is 11.3.